The number of nitrogens with zero attached hydrogens (tertiary/aromatic N) is 2. The van der Waals surface area contributed by atoms with Gasteiger partial charge in [-0.15, -0.1) is 11.8 Å². The van der Waals surface area contributed by atoms with Gasteiger partial charge in [0.15, 0.2) is 0 Å². The zero-order valence-electron chi connectivity index (χ0n) is 11.2. The van der Waals surface area contributed by atoms with Crippen LogP contribution in [0.1, 0.15) is 20.1 Å². The Morgan fingerprint density at radius 3 is 3.16 bits per heavy atom. The Hall–Kier alpha value is -1.05. The summed E-state index contributed by atoms with van der Waals surface area (Å²) in [6, 6.07) is 1.79. The number of rotatable bonds is 6. The minimum Gasteiger partial charge on any atom is -0.378 e. The van der Waals surface area contributed by atoms with Gasteiger partial charge in [-0.2, -0.15) is 4.98 Å². The molecule has 1 saturated heterocycles. The fourth-order valence-electron chi connectivity index (χ4n) is 1.80. The summed E-state index contributed by atoms with van der Waals surface area (Å²) >= 11 is 1.66. The van der Waals surface area contributed by atoms with Crippen LogP contribution in [0.15, 0.2) is 17.1 Å². The molecule has 106 valence electrons. The molecule has 7 heteroatoms. The second-order valence-corrected chi connectivity index (χ2v) is 5.24. The molecule has 0 radical (unpaired) electrons. The average molecular weight is 285 g/mol. The highest BCUT2D eigenvalue weighted by Gasteiger charge is 2.28. The second-order valence-electron chi connectivity index (χ2n) is 4.05. The Labute approximate surface area is 116 Å². The molecule has 1 aliphatic rings. The molecule has 0 unspecified atom stereocenters. The number of thioether (sulfide) groups is 1. The summed E-state index contributed by atoms with van der Waals surface area (Å²) in [5, 5.41) is 3.01. The molecular weight excluding hydrogens is 266 g/mol. The molecule has 0 aliphatic carbocycles. The van der Waals surface area contributed by atoms with Gasteiger partial charge in [-0.3, -0.25) is 4.57 Å². The molecule has 6 nitrogen and oxygen atoms in total. The quantitative estimate of drug-likeness (QED) is 0.850. The van der Waals surface area contributed by atoms with E-state index in [0.29, 0.717) is 19.0 Å². The van der Waals surface area contributed by atoms with E-state index in [-0.39, 0.29) is 17.4 Å². The van der Waals surface area contributed by atoms with Crippen molar-refractivity contribution in [1.82, 2.24) is 9.55 Å². The Morgan fingerprint density at radius 1 is 1.63 bits per heavy atom. The van der Waals surface area contributed by atoms with Crippen LogP contribution in [0.25, 0.3) is 0 Å². The van der Waals surface area contributed by atoms with Crippen LogP contribution in [-0.4, -0.2) is 40.5 Å². The maximum absolute atomic E-state index is 11.9. The average Bonchev–Trinajstić information content (AvgIpc) is 2.85. The van der Waals surface area contributed by atoms with Gasteiger partial charge in [-0.25, -0.2) is 4.79 Å². The van der Waals surface area contributed by atoms with Gasteiger partial charge in [0.05, 0.1) is 6.61 Å². The molecule has 19 heavy (non-hydrogen) atoms. The van der Waals surface area contributed by atoms with Crippen LogP contribution in [0.4, 0.5) is 5.82 Å². The summed E-state index contributed by atoms with van der Waals surface area (Å²) in [7, 11) is 0. The van der Waals surface area contributed by atoms with Crippen molar-refractivity contribution in [2.24, 2.45) is 0 Å². The molecule has 1 aliphatic heterocycles. The molecule has 1 N–H and O–H groups in total. The van der Waals surface area contributed by atoms with Gasteiger partial charge in [0.2, 0.25) is 0 Å². The molecule has 2 atom stereocenters. The Kier molecular flexibility index (Phi) is 5.24. The Bertz CT molecular complexity index is 466. The van der Waals surface area contributed by atoms with Gasteiger partial charge in [0.25, 0.3) is 0 Å². The van der Waals surface area contributed by atoms with Crippen LogP contribution in [0.5, 0.6) is 0 Å². The van der Waals surface area contributed by atoms with Crippen molar-refractivity contribution in [1.29, 1.82) is 0 Å². The van der Waals surface area contributed by atoms with Crippen molar-refractivity contribution >= 4 is 17.6 Å². The lowest BCUT2D eigenvalue weighted by atomic mass is 10.5. The zero-order valence-corrected chi connectivity index (χ0v) is 12.0. The van der Waals surface area contributed by atoms with Crippen molar-refractivity contribution in [3.05, 3.63) is 22.7 Å². The number of anilines is 1. The first-order valence-corrected chi connectivity index (χ1v) is 7.47. The highest BCUT2D eigenvalue weighted by atomic mass is 32.2. The number of hydrogen-bond acceptors (Lipinski definition) is 6. The van der Waals surface area contributed by atoms with E-state index in [1.54, 1.807) is 24.0 Å². The van der Waals surface area contributed by atoms with Crippen molar-refractivity contribution in [3.8, 4) is 0 Å². The van der Waals surface area contributed by atoms with E-state index in [2.05, 4.69) is 10.3 Å². The smallest absolute Gasteiger partial charge is 0.351 e. The number of aromatic nitrogens is 2. The number of nitrogens with one attached hydrogen (secondary N) is 1. The third-order valence-corrected chi connectivity index (χ3v) is 3.79. The summed E-state index contributed by atoms with van der Waals surface area (Å²) < 4.78 is 12.6. The third-order valence-electron chi connectivity index (χ3n) is 2.69. The summed E-state index contributed by atoms with van der Waals surface area (Å²) in [4.78, 5) is 15.9. The Balaban J connectivity index is 2.01. The van der Waals surface area contributed by atoms with E-state index in [0.717, 1.165) is 12.3 Å². The lowest BCUT2D eigenvalue weighted by Crippen LogP contribution is -2.29. The molecule has 0 bridgehead atoms. The van der Waals surface area contributed by atoms with E-state index in [1.165, 1.54) is 4.57 Å². The molecule has 1 aromatic heterocycles. The van der Waals surface area contributed by atoms with Gasteiger partial charge in [0, 0.05) is 25.1 Å². The molecule has 0 saturated carbocycles. The van der Waals surface area contributed by atoms with Gasteiger partial charge in [-0.1, -0.05) is 0 Å². The fraction of sp³-hybridized carbons (Fsp3) is 0.667. The largest absolute Gasteiger partial charge is 0.378 e. The lowest BCUT2D eigenvalue weighted by Gasteiger charge is -2.14. The molecule has 0 spiro atoms. The predicted octanol–water partition coefficient (Wildman–Crippen LogP) is 1.30. The molecule has 2 heterocycles. The monoisotopic (exact) mass is 285 g/mol. The van der Waals surface area contributed by atoms with Crippen LogP contribution >= 0.6 is 11.8 Å². The van der Waals surface area contributed by atoms with Crippen molar-refractivity contribution in [2.45, 2.75) is 25.5 Å². The summed E-state index contributed by atoms with van der Waals surface area (Å²) in [5.74, 6) is 1.33. The summed E-state index contributed by atoms with van der Waals surface area (Å²) in [5.41, 5.74) is -0.300. The van der Waals surface area contributed by atoms with Gasteiger partial charge in [0.1, 0.15) is 17.5 Å². The number of ether oxygens (including phenoxy) is 2. The summed E-state index contributed by atoms with van der Waals surface area (Å²) in [6.07, 6.45) is 1.47. The van der Waals surface area contributed by atoms with Gasteiger partial charge < -0.3 is 14.8 Å². The van der Waals surface area contributed by atoms with E-state index in [4.69, 9.17) is 9.47 Å². The van der Waals surface area contributed by atoms with Crippen LogP contribution in [-0.2, 0) is 9.47 Å². The van der Waals surface area contributed by atoms with E-state index in [9.17, 15) is 4.79 Å². The highest BCUT2D eigenvalue weighted by molar-refractivity contribution is 8.00. The van der Waals surface area contributed by atoms with E-state index >= 15 is 0 Å². The SMILES string of the molecule is CCNc1ccn([C@H]2CS[C@@H](COCC)O2)c(=O)n1. The third kappa shape index (κ3) is 3.71. The van der Waals surface area contributed by atoms with Crippen LogP contribution in [0.3, 0.4) is 0 Å². The first kappa shape index (κ1) is 14.4. The fourth-order valence-corrected chi connectivity index (χ4v) is 2.82. The maximum atomic E-state index is 11.9. The van der Waals surface area contributed by atoms with E-state index < -0.39 is 0 Å². The lowest BCUT2D eigenvalue weighted by molar-refractivity contribution is -0.0226. The predicted molar refractivity (Wildman–Crippen MR) is 75.5 cm³/mol. The van der Waals surface area contributed by atoms with Gasteiger partial charge >= 0.3 is 5.69 Å². The molecule has 1 aromatic rings. The van der Waals surface area contributed by atoms with Crippen LogP contribution in [0.2, 0.25) is 0 Å². The van der Waals surface area contributed by atoms with Crippen molar-refractivity contribution in [3.63, 3.8) is 0 Å². The molecule has 0 amide bonds. The van der Waals surface area contributed by atoms with Crippen LogP contribution < -0.4 is 11.0 Å². The zero-order chi connectivity index (χ0) is 13.7. The second kappa shape index (κ2) is 6.93. The Morgan fingerprint density at radius 2 is 2.47 bits per heavy atom. The van der Waals surface area contributed by atoms with Gasteiger partial charge in [-0.05, 0) is 19.9 Å². The standard InChI is InChI=1S/C12H19N3O3S/c1-3-13-9-5-6-15(12(16)14-9)10-8-19-11(18-10)7-17-4-2/h5-6,10-11H,3-4,7-8H2,1-2H3,(H,13,14,16)/t10-,11+/m1/s1. The first-order valence-electron chi connectivity index (χ1n) is 6.42. The van der Waals surface area contributed by atoms with Crippen molar-refractivity contribution < 1.29 is 9.47 Å². The minimum absolute atomic E-state index is 0.00899. The highest BCUT2D eigenvalue weighted by Crippen LogP contribution is 2.30. The molecular formula is C12H19N3O3S. The first-order chi connectivity index (χ1) is 9.24. The molecule has 1 fully saturated rings. The van der Waals surface area contributed by atoms with Crippen molar-refractivity contribution in [2.75, 3.05) is 30.8 Å². The minimum atomic E-state index is -0.291. The maximum Gasteiger partial charge on any atom is 0.351 e. The van der Waals surface area contributed by atoms with E-state index in [1.807, 2.05) is 13.8 Å². The molecule has 2 rings (SSSR count). The number of hydrogen-bond donors (Lipinski definition) is 1. The molecule has 0 aromatic carbocycles. The topological polar surface area (TPSA) is 65.4 Å². The summed E-state index contributed by atoms with van der Waals surface area (Å²) in [6.45, 7) is 5.87. The normalized spacial score (nSPS) is 22.6. The van der Waals surface area contributed by atoms with Crippen LogP contribution in [0, 0.1) is 0 Å².